The van der Waals surface area contributed by atoms with Crippen LogP contribution in [0.15, 0.2) is 0 Å². The van der Waals surface area contributed by atoms with Crippen molar-refractivity contribution in [3.8, 4) is 0 Å². The first-order valence-electron chi connectivity index (χ1n) is 8.58. The monoisotopic (exact) mass is 267 g/mol. The Morgan fingerprint density at radius 3 is 2.26 bits per heavy atom. The third kappa shape index (κ3) is 3.52. The summed E-state index contributed by atoms with van der Waals surface area (Å²) in [5.41, 5.74) is 0.360. The number of ether oxygens (including phenoxy) is 1. The zero-order chi connectivity index (χ0) is 13.7. The average Bonchev–Trinajstić information content (AvgIpc) is 2.38. The van der Waals surface area contributed by atoms with E-state index in [0.717, 1.165) is 12.6 Å². The maximum Gasteiger partial charge on any atom is 0.0658 e. The molecule has 0 aliphatic heterocycles. The Hall–Kier alpha value is -0.0800. The van der Waals surface area contributed by atoms with Crippen LogP contribution < -0.4 is 5.32 Å². The highest BCUT2D eigenvalue weighted by atomic mass is 16.5. The van der Waals surface area contributed by atoms with Crippen LogP contribution in [0.1, 0.15) is 78.6 Å². The van der Waals surface area contributed by atoms with Gasteiger partial charge in [0.1, 0.15) is 0 Å². The zero-order valence-corrected chi connectivity index (χ0v) is 13.2. The van der Waals surface area contributed by atoms with Crippen molar-refractivity contribution in [1.29, 1.82) is 0 Å². The highest BCUT2D eigenvalue weighted by Gasteiger charge is 2.51. The molecule has 2 heteroatoms. The quantitative estimate of drug-likeness (QED) is 0.802. The molecule has 2 saturated carbocycles. The van der Waals surface area contributed by atoms with Crippen molar-refractivity contribution < 1.29 is 4.74 Å². The highest BCUT2D eigenvalue weighted by Crippen LogP contribution is 2.46. The predicted molar refractivity (Wildman–Crippen MR) is 81.5 cm³/mol. The molecule has 0 amide bonds. The molecule has 0 spiro atoms. The van der Waals surface area contributed by atoms with Gasteiger partial charge in [-0.2, -0.15) is 0 Å². The van der Waals surface area contributed by atoms with Crippen LogP contribution in [0.25, 0.3) is 0 Å². The normalized spacial score (nSPS) is 37.4. The van der Waals surface area contributed by atoms with E-state index >= 15 is 0 Å². The van der Waals surface area contributed by atoms with Crippen LogP contribution in [0.5, 0.6) is 0 Å². The minimum atomic E-state index is 0.360. The van der Waals surface area contributed by atoms with Gasteiger partial charge in [0.25, 0.3) is 0 Å². The molecule has 3 atom stereocenters. The van der Waals surface area contributed by atoms with E-state index < -0.39 is 0 Å². The molecule has 2 aliphatic carbocycles. The van der Waals surface area contributed by atoms with E-state index in [1.165, 1.54) is 57.8 Å². The van der Waals surface area contributed by atoms with Gasteiger partial charge >= 0.3 is 0 Å². The first-order valence-corrected chi connectivity index (χ1v) is 8.58. The standard InChI is InChI=1S/C17H33NO/c1-4-17(3)15(13-16(17)19-5-2)18-14-11-9-7-6-8-10-12-14/h14-16,18H,4-13H2,1-3H3. The fourth-order valence-corrected chi connectivity index (χ4v) is 3.92. The van der Waals surface area contributed by atoms with Crippen LogP contribution >= 0.6 is 0 Å². The zero-order valence-electron chi connectivity index (χ0n) is 13.2. The summed E-state index contributed by atoms with van der Waals surface area (Å²) in [5.74, 6) is 0. The second kappa shape index (κ2) is 7.08. The summed E-state index contributed by atoms with van der Waals surface area (Å²) < 4.78 is 5.91. The molecule has 2 nitrogen and oxygen atoms in total. The number of hydrogen-bond donors (Lipinski definition) is 1. The lowest BCUT2D eigenvalue weighted by Crippen LogP contribution is -2.63. The Morgan fingerprint density at radius 1 is 1.05 bits per heavy atom. The van der Waals surface area contributed by atoms with E-state index in [4.69, 9.17) is 4.74 Å². The second-order valence-corrected chi connectivity index (χ2v) is 6.80. The molecule has 2 aliphatic rings. The summed E-state index contributed by atoms with van der Waals surface area (Å²) in [5, 5.41) is 3.97. The Morgan fingerprint density at radius 2 is 1.68 bits per heavy atom. The molecule has 1 N–H and O–H groups in total. The molecule has 0 saturated heterocycles. The van der Waals surface area contributed by atoms with Gasteiger partial charge in [-0.1, -0.05) is 46.0 Å². The molecule has 112 valence electrons. The third-order valence-electron chi connectivity index (χ3n) is 5.65. The Kier molecular flexibility index (Phi) is 5.70. The summed E-state index contributed by atoms with van der Waals surface area (Å²) >= 11 is 0. The van der Waals surface area contributed by atoms with Crippen molar-refractivity contribution in [3.05, 3.63) is 0 Å². The van der Waals surface area contributed by atoms with Gasteiger partial charge in [0.15, 0.2) is 0 Å². The molecular weight excluding hydrogens is 234 g/mol. The smallest absolute Gasteiger partial charge is 0.0658 e. The lowest BCUT2D eigenvalue weighted by molar-refractivity contribution is -0.128. The molecule has 3 unspecified atom stereocenters. The Balaban J connectivity index is 1.84. The SMILES string of the molecule is CCOC1CC(NC2CCCCCCC2)C1(C)CC. The van der Waals surface area contributed by atoms with Gasteiger partial charge in [-0.05, 0) is 32.6 Å². The van der Waals surface area contributed by atoms with Gasteiger partial charge < -0.3 is 10.1 Å². The van der Waals surface area contributed by atoms with Gasteiger partial charge in [0, 0.05) is 24.1 Å². The topological polar surface area (TPSA) is 21.3 Å². The number of rotatable bonds is 5. The molecule has 0 heterocycles. The first-order chi connectivity index (χ1) is 9.20. The van der Waals surface area contributed by atoms with E-state index in [0.29, 0.717) is 17.6 Å². The van der Waals surface area contributed by atoms with Gasteiger partial charge in [-0.25, -0.2) is 0 Å². The van der Waals surface area contributed by atoms with E-state index in [1.54, 1.807) is 0 Å². The van der Waals surface area contributed by atoms with Gasteiger partial charge in [0.2, 0.25) is 0 Å². The van der Waals surface area contributed by atoms with Gasteiger partial charge in [-0.15, -0.1) is 0 Å². The van der Waals surface area contributed by atoms with Crippen LogP contribution in [0.4, 0.5) is 0 Å². The lowest BCUT2D eigenvalue weighted by atomic mass is 9.61. The minimum Gasteiger partial charge on any atom is -0.378 e. The molecular formula is C17H33NO. The minimum absolute atomic E-state index is 0.360. The van der Waals surface area contributed by atoms with E-state index in [-0.39, 0.29) is 0 Å². The summed E-state index contributed by atoms with van der Waals surface area (Å²) in [6.45, 7) is 7.71. The summed E-state index contributed by atoms with van der Waals surface area (Å²) in [4.78, 5) is 0. The Bertz CT molecular complexity index is 260. The van der Waals surface area contributed by atoms with Crippen LogP contribution in [0.2, 0.25) is 0 Å². The Labute approximate surface area is 119 Å². The predicted octanol–water partition coefficient (Wildman–Crippen LogP) is 4.28. The van der Waals surface area contributed by atoms with E-state index in [1.807, 2.05) is 0 Å². The summed E-state index contributed by atoms with van der Waals surface area (Å²) in [7, 11) is 0. The maximum atomic E-state index is 5.91. The molecule has 2 fully saturated rings. The molecule has 2 rings (SSSR count). The maximum absolute atomic E-state index is 5.91. The second-order valence-electron chi connectivity index (χ2n) is 6.80. The van der Waals surface area contributed by atoms with Crippen molar-refractivity contribution in [2.45, 2.75) is 96.7 Å². The molecule has 0 bridgehead atoms. The van der Waals surface area contributed by atoms with Crippen LogP contribution in [-0.4, -0.2) is 24.8 Å². The average molecular weight is 267 g/mol. The summed E-state index contributed by atoms with van der Waals surface area (Å²) in [6.07, 6.45) is 12.9. The molecule has 0 radical (unpaired) electrons. The van der Waals surface area contributed by atoms with Gasteiger partial charge in [-0.3, -0.25) is 0 Å². The summed E-state index contributed by atoms with van der Waals surface area (Å²) in [6, 6.07) is 1.44. The van der Waals surface area contributed by atoms with E-state index in [2.05, 4.69) is 26.1 Å². The number of nitrogens with one attached hydrogen (secondary N) is 1. The molecule has 0 aromatic carbocycles. The van der Waals surface area contributed by atoms with Crippen LogP contribution in [0, 0.1) is 5.41 Å². The largest absolute Gasteiger partial charge is 0.378 e. The highest BCUT2D eigenvalue weighted by molar-refractivity contribution is 5.05. The fourth-order valence-electron chi connectivity index (χ4n) is 3.92. The molecule has 0 aromatic heterocycles. The van der Waals surface area contributed by atoms with E-state index in [9.17, 15) is 0 Å². The van der Waals surface area contributed by atoms with Crippen LogP contribution in [-0.2, 0) is 4.74 Å². The first kappa shape index (κ1) is 15.3. The number of hydrogen-bond acceptors (Lipinski definition) is 2. The molecule has 19 heavy (non-hydrogen) atoms. The lowest BCUT2D eigenvalue weighted by Gasteiger charge is -2.55. The van der Waals surface area contributed by atoms with Crippen molar-refractivity contribution in [1.82, 2.24) is 5.32 Å². The van der Waals surface area contributed by atoms with Crippen molar-refractivity contribution in [3.63, 3.8) is 0 Å². The van der Waals surface area contributed by atoms with Gasteiger partial charge in [0.05, 0.1) is 6.10 Å². The third-order valence-corrected chi connectivity index (χ3v) is 5.65. The fraction of sp³-hybridized carbons (Fsp3) is 1.00. The molecule has 0 aromatic rings. The van der Waals surface area contributed by atoms with Crippen LogP contribution in [0.3, 0.4) is 0 Å². The van der Waals surface area contributed by atoms with Crippen molar-refractivity contribution >= 4 is 0 Å². The van der Waals surface area contributed by atoms with Crippen molar-refractivity contribution in [2.75, 3.05) is 6.61 Å². The van der Waals surface area contributed by atoms with Crippen molar-refractivity contribution in [2.24, 2.45) is 5.41 Å².